The molecule has 3 nitrogen and oxygen atoms in total. The van der Waals surface area contributed by atoms with Crippen LogP contribution in [0.4, 0.5) is 0 Å². The molecule has 1 rings (SSSR count). The van der Waals surface area contributed by atoms with Gasteiger partial charge in [0.15, 0.2) is 0 Å². The second-order valence-corrected chi connectivity index (χ2v) is 6.74. The number of rotatable bonds is 7. The van der Waals surface area contributed by atoms with Crippen LogP contribution in [-0.4, -0.2) is 36.5 Å². The van der Waals surface area contributed by atoms with Gasteiger partial charge in [0.2, 0.25) is 5.91 Å². The zero-order valence-electron chi connectivity index (χ0n) is 14.2. The molecule has 0 aliphatic carbocycles. The Kier molecular flexibility index (Phi) is 7.01. The van der Waals surface area contributed by atoms with Crippen molar-refractivity contribution in [1.29, 1.82) is 0 Å². The number of nitrogens with one attached hydrogen (secondary N) is 1. The highest BCUT2D eigenvalue weighted by molar-refractivity contribution is 5.83. The molecular formula is C17H34N2O. The zero-order chi connectivity index (χ0) is 15.2. The van der Waals surface area contributed by atoms with E-state index in [1.807, 2.05) is 0 Å². The van der Waals surface area contributed by atoms with Crippen LogP contribution in [0.25, 0.3) is 0 Å². The summed E-state index contributed by atoms with van der Waals surface area (Å²) in [4.78, 5) is 15.4. The molecule has 0 radical (unpaired) electrons. The number of amides is 1. The average molecular weight is 282 g/mol. The highest BCUT2D eigenvalue weighted by atomic mass is 16.2. The maximum atomic E-state index is 13.2. The molecule has 1 aliphatic heterocycles. The van der Waals surface area contributed by atoms with Gasteiger partial charge in [-0.25, -0.2) is 0 Å². The first-order valence-corrected chi connectivity index (χ1v) is 8.52. The van der Waals surface area contributed by atoms with Gasteiger partial charge in [0.05, 0.1) is 5.41 Å². The molecule has 1 saturated heterocycles. The fourth-order valence-electron chi connectivity index (χ4n) is 3.43. The largest absolute Gasteiger partial charge is 0.339 e. The number of hydrogen-bond acceptors (Lipinski definition) is 2. The van der Waals surface area contributed by atoms with Crippen LogP contribution in [0.5, 0.6) is 0 Å². The monoisotopic (exact) mass is 282 g/mol. The smallest absolute Gasteiger partial charge is 0.230 e. The lowest BCUT2D eigenvalue weighted by molar-refractivity contribution is -0.147. The molecule has 1 atom stereocenters. The van der Waals surface area contributed by atoms with Gasteiger partial charge in [0, 0.05) is 19.1 Å². The molecule has 1 heterocycles. The summed E-state index contributed by atoms with van der Waals surface area (Å²) < 4.78 is 0. The van der Waals surface area contributed by atoms with Crippen molar-refractivity contribution in [2.45, 2.75) is 72.8 Å². The number of carbonyl (C=O) groups is 1. The quantitative estimate of drug-likeness (QED) is 0.776. The SMILES string of the molecule is CCC(CC)N(CC(C)C)C(=O)C1(CC)CCCNC1. The van der Waals surface area contributed by atoms with Gasteiger partial charge in [0.25, 0.3) is 0 Å². The van der Waals surface area contributed by atoms with Crippen LogP contribution in [0.1, 0.15) is 66.7 Å². The Bertz CT molecular complexity index is 291. The van der Waals surface area contributed by atoms with E-state index in [1.54, 1.807) is 0 Å². The first kappa shape index (κ1) is 17.5. The lowest BCUT2D eigenvalue weighted by Gasteiger charge is -2.43. The Balaban J connectivity index is 2.94. The highest BCUT2D eigenvalue weighted by Crippen LogP contribution is 2.34. The van der Waals surface area contributed by atoms with Gasteiger partial charge in [-0.2, -0.15) is 0 Å². The number of hydrogen-bond donors (Lipinski definition) is 1. The third-order valence-electron chi connectivity index (χ3n) is 4.81. The minimum atomic E-state index is -0.157. The van der Waals surface area contributed by atoms with Crippen LogP contribution < -0.4 is 5.32 Å². The highest BCUT2D eigenvalue weighted by Gasteiger charge is 2.41. The van der Waals surface area contributed by atoms with Crippen LogP contribution in [0.2, 0.25) is 0 Å². The van der Waals surface area contributed by atoms with E-state index < -0.39 is 0 Å². The minimum absolute atomic E-state index is 0.157. The van der Waals surface area contributed by atoms with E-state index in [-0.39, 0.29) is 5.41 Å². The lowest BCUT2D eigenvalue weighted by atomic mass is 9.76. The summed E-state index contributed by atoms with van der Waals surface area (Å²) in [6, 6.07) is 0.398. The summed E-state index contributed by atoms with van der Waals surface area (Å²) in [5, 5.41) is 3.44. The summed E-state index contributed by atoms with van der Waals surface area (Å²) in [5.74, 6) is 0.930. The topological polar surface area (TPSA) is 32.3 Å². The van der Waals surface area contributed by atoms with E-state index in [0.29, 0.717) is 17.9 Å². The molecular weight excluding hydrogens is 248 g/mol. The van der Waals surface area contributed by atoms with E-state index in [9.17, 15) is 4.79 Å². The minimum Gasteiger partial charge on any atom is -0.339 e. The molecule has 1 unspecified atom stereocenters. The van der Waals surface area contributed by atoms with E-state index in [1.165, 1.54) is 0 Å². The number of carbonyl (C=O) groups excluding carboxylic acids is 1. The average Bonchev–Trinajstić information content (AvgIpc) is 2.47. The maximum absolute atomic E-state index is 13.2. The number of piperidine rings is 1. The molecule has 0 bridgehead atoms. The summed E-state index contributed by atoms with van der Waals surface area (Å²) in [6.07, 6.45) is 5.24. The Hall–Kier alpha value is -0.570. The fourth-order valence-corrected chi connectivity index (χ4v) is 3.43. The van der Waals surface area contributed by atoms with Crippen molar-refractivity contribution >= 4 is 5.91 Å². The van der Waals surface area contributed by atoms with Gasteiger partial charge in [-0.3, -0.25) is 4.79 Å². The second kappa shape index (κ2) is 8.02. The van der Waals surface area contributed by atoms with Crippen LogP contribution in [0, 0.1) is 11.3 Å². The van der Waals surface area contributed by atoms with E-state index >= 15 is 0 Å². The van der Waals surface area contributed by atoms with Gasteiger partial charge >= 0.3 is 0 Å². The molecule has 1 aliphatic rings. The normalized spacial score (nSPS) is 23.4. The van der Waals surface area contributed by atoms with Crippen LogP contribution in [0.15, 0.2) is 0 Å². The van der Waals surface area contributed by atoms with Crippen molar-refractivity contribution in [3.05, 3.63) is 0 Å². The molecule has 3 heteroatoms. The molecule has 1 N–H and O–H groups in total. The summed E-state index contributed by atoms with van der Waals surface area (Å²) in [6.45, 7) is 13.8. The Labute approximate surface area is 125 Å². The Morgan fingerprint density at radius 2 is 1.90 bits per heavy atom. The van der Waals surface area contributed by atoms with Crippen LogP contribution in [0.3, 0.4) is 0 Å². The van der Waals surface area contributed by atoms with Crippen LogP contribution in [-0.2, 0) is 4.79 Å². The molecule has 0 aromatic rings. The molecule has 20 heavy (non-hydrogen) atoms. The zero-order valence-corrected chi connectivity index (χ0v) is 14.2. The molecule has 1 amide bonds. The first-order chi connectivity index (χ1) is 9.50. The molecule has 0 spiro atoms. The second-order valence-electron chi connectivity index (χ2n) is 6.74. The molecule has 0 aromatic heterocycles. The summed E-state index contributed by atoms with van der Waals surface area (Å²) in [7, 11) is 0. The van der Waals surface area contributed by atoms with Crippen LogP contribution >= 0.6 is 0 Å². The Morgan fingerprint density at radius 3 is 2.30 bits per heavy atom. The predicted octanol–water partition coefficient (Wildman–Crippen LogP) is 3.44. The van der Waals surface area contributed by atoms with Gasteiger partial charge in [0.1, 0.15) is 0 Å². The molecule has 0 aromatic carbocycles. The third kappa shape index (κ3) is 3.97. The van der Waals surface area contributed by atoms with E-state index in [4.69, 9.17) is 0 Å². The van der Waals surface area contributed by atoms with Crippen molar-refractivity contribution in [3.63, 3.8) is 0 Å². The Morgan fingerprint density at radius 1 is 1.25 bits per heavy atom. The molecule has 1 fully saturated rings. The van der Waals surface area contributed by atoms with Gasteiger partial charge < -0.3 is 10.2 Å². The lowest BCUT2D eigenvalue weighted by Crippen LogP contribution is -2.55. The third-order valence-corrected chi connectivity index (χ3v) is 4.81. The van der Waals surface area contributed by atoms with Crippen molar-refractivity contribution in [1.82, 2.24) is 10.2 Å². The van der Waals surface area contributed by atoms with Gasteiger partial charge in [-0.05, 0) is 44.6 Å². The van der Waals surface area contributed by atoms with Gasteiger partial charge in [-0.15, -0.1) is 0 Å². The first-order valence-electron chi connectivity index (χ1n) is 8.52. The number of nitrogens with zero attached hydrogens (tertiary/aromatic N) is 1. The van der Waals surface area contributed by atoms with E-state index in [2.05, 4.69) is 44.8 Å². The van der Waals surface area contributed by atoms with Crippen molar-refractivity contribution in [2.75, 3.05) is 19.6 Å². The maximum Gasteiger partial charge on any atom is 0.230 e. The van der Waals surface area contributed by atoms with Crippen molar-refractivity contribution in [3.8, 4) is 0 Å². The van der Waals surface area contributed by atoms with Crippen molar-refractivity contribution < 1.29 is 4.79 Å². The van der Waals surface area contributed by atoms with Gasteiger partial charge in [-0.1, -0.05) is 34.6 Å². The standard InChI is InChI=1S/C17H34N2O/c1-6-15(7-2)19(12-14(4)5)16(20)17(8-3)10-9-11-18-13-17/h14-15,18H,6-13H2,1-5H3. The fraction of sp³-hybridized carbons (Fsp3) is 0.941. The van der Waals surface area contributed by atoms with Crippen molar-refractivity contribution in [2.24, 2.45) is 11.3 Å². The molecule has 118 valence electrons. The predicted molar refractivity (Wildman–Crippen MR) is 85.7 cm³/mol. The summed E-state index contributed by atoms with van der Waals surface area (Å²) >= 11 is 0. The summed E-state index contributed by atoms with van der Waals surface area (Å²) in [5.41, 5.74) is -0.157. The molecule has 0 saturated carbocycles. The van der Waals surface area contributed by atoms with E-state index in [0.717, 1.165) is 51.7 Å².